The molecule has 0 heterocycles. The standard InChI is InChI=1S/C14H28O/c1-3-14(2)12-10-8-6-4-5-7-9-11-13-15/h12,15H,3-11,13H2,1-2H3. The van der Waals surface area contributed by atoms with Gasteiger partial charge in [-0.15, -0.1) is 0 Å². The Kier molecular flexibility index (Phi) is 11.5. The van der Waals surface area contributed by atoms with Crippen LogP contribution in [-0.2, 0) is 0 Å². The summed E-state index contributed by atoms with van der Waals surface area (Å²) in [7, 11) is 0. The van der Waals surface area contributed by atoms with Crippen LogP contribution in [0.4, 0.5) is 0 Å². The van der Waals surface area contributed by atoms with Crippen LogP contribution in [0.2, 0.25) is 0 Å². The normalized spacial score (nSPS) is 12.1. The van der Waals surface area contributed by atoms with Crippen LogP contribution in [0.1, 0.15) is 71.6 Å². The van der Waals surface area contributed by atoms with E-state index in [4.69, 9.17) is 5.11 Å². The first-order valence-corrected chi connectivity index (χ1v) is 6.57. The lowest BCUT2D eigenvalue weighted by molar-refractivity contribution is 0.282. The Balaban J connectivity index is 3.05. The fourth-order valence-electron chi connectivity index (χ4n) is 1.63. The first-order valence-electron chi connectivity index (χ1n) is 6.57. The minimum atomic E-state index is 0.362. The average Bonchev–Trinajstić information content (AvgIpc) is 2.26. The highest BCUT2D eigenvalue weighted by Gasteiger charge is 1.91. The van der Waals surface area contributed by atoms with Crippen LogP contribution in [0.15, 0.2) is 11.6 Å². The van der Waals surface area contributed by atoms with Gasteiger partial charge in [-0.1, -0.05) is 50.7 Å². The van der Waals surface area contributed by atoms with Crippen molar-refractivity contribution in [3.8, 4) is 0 Å². The maximum absolute atomic E-state index is 8.61. The molecule has 1 N–H and O–H groups in total. The van der Waals surface area contributed by atoms with Crippen LogP contribution in [0.25, 0.3) is 0 Å². The lowest BCUT2D eigenvalue weighted by atomic mass is 10.1. The molecule has 0 aliphatic rings. The summed E-state index contributed by atoms with van der Waals surface area (Å²) in [6, 6.07) is 0. The van der Waals surface area contributed by atoms with Crippen molar-refractivity contribution in [2.75, 3.05) is 6.61 Å². The monoisotopic (exact) mass is 212 g/mol. The van der Waals surface area contributed by atoms with Gasteiger partial charge in [0, 0.05) is 6.61 Å². The Labute approximate surface area is 95.6 Å². The molecule has 0 amide bonds. The summed E-state index contributed by atoms with van der Waals surface area (Å²) in [6.07, 6.45) is 13.7. The summed E-state index contributed by atoms with van der Waals surface area (Å²) in [5.74, 6) is 0. The number of allylic oxidation sites excluding steroid dienone is 2. The van der Waals surface area contributed by atoms with Gasteiger partial charge in [-0.2, -0.15) is 0 Å². The zero-order chi connectivity index (χ0) is 11.4. The summed E-state index contributed by atoms with van der Waals surface area (Å²) in [4.78, 5) is 0. The van der Waals surface area contributed by atoms with Gasteiger partial charge in [-0.05, 0) is 32.6 Å². The van der Waals surface area contributed by atoms with Crippen LogP contribution in [0.5, 0.6) is 0 Å². The third-order valence-electron chi connectivity index (χ3n) is 2.91. The highest BCUT2D eigenvalue weighted by molar-refractivity contribution is 4.96. The first kappa shape index (κ1) is 14.7. The number of hydrogen-bond donors (Lipinski definition) is 1. The van der Waals surface area contributed by atoms with E-state index in [1.165, 1.54) is 56.9 Å². The summed E-state index contributed by atoms with van der Waals surface area (Å²) in [6.45, 7) is 4.79. The van der Waals surface area contributed by atoms with E-state index >= 15 is 0 Å². The van der Waals surface area contributed by atoms with Crippen molar-refractivity contribution in [2.24, 2.45) is 0 Å². The minimum Gasteiger partial charge on any atom is -0.396 e. The molecule has 0 saturated carbocycles. The average molecular weight is 212 g/mol. The molecule has 0 spiro atoms. The lowest BCUT2D eigenvalue weighted by Gasteiger charge is -2.00. The van der Waals surface area contributed by atoms with E-state index in [2.05, 4.69) is 19.9 Å². The fourth-order valence-corrected chi connectivity index (χ4v) is 1.63. The topological polar surface area (TPSA) is 20.2 Å². The van der Waals surface area contributed by atoms with E-state index < -0.39 is 0 Å². The zero-order valence-electron chi connectivity index (χ0n) is 10.6. The number of unbranched alkanes of at least 4 members (excludes halogenated alkanes) is 7. The van der Waals surface area contributed by atoms with Gasteiger partial charge in [0.1, 0.15) is 0 Å². The molecule has 0 atom stereocenters. The predicted molar refractivity (Wildman–Crippen MR) is 68.1 cm³/mol. The number of hydrogen-bond acceptors (Lipinski definition) is 1. The van der Waals surface area contributed by atoms with Crippen molar-refractivity contribution in [3.05, 3.63) is 11.6 Å². The Hall–Kier alpha value is -0.300. The van der Waals surface area contributed by atoms with Crippen molar-refractivity contribution in [3.63, 3.8) is 0 Å². The van der Waals surface area contributed by atoms with Crippen molar-refractivity contribution in [1.29, 1.82) is 0 Å². The largest absolute Gasteiger partial charge is 0.396 e. The van der Waals surface area contributed by atoms with Gasteiger partial charge in [0.2, 0.25) is 0 Å². The molecule has 0 aliphatic heterocycles. The van der Waals surface area contributed by atoms with E-state index in [0.717, 1.165) is 6.42 Å². The molecule has 90 valence electrons. The molecular weight excluding hydrogens is 184 g/mol. The van der Waals surface area contributed by atoms with E-state index in [9.17, 15) is 0 Å². The molecule has 0 bridgehead atoms. The van der Waals surface area contributed by atoms with Gasteiger partial charge in [0.05, 0.1) is 0 Å². The van der Waals surface area contributed by atoms with E-state index in [-0.39, 0.29) is 0 Å². The van der Waals surface area contributed by atoms with Crippen molar-refractivity contribution in [2.45, 2.75) is 71.6 Å². The number of aliphatic hydroxyl groups excluding tert-OH is 1. The molecule has 0 fully saturated rings. The van der Waals surface area contributed by atoms with Crippen LogP contribution in [-0.4, -0.2) is 11.7 Å². The molecule has 0 aromatic carbocycles. The molecule has 0 aliphatic carbocycles. The Morgan fingerprint density at radius 2 is 1.47 bits per heavy atom. The molecule has 0 radical (unpaired) electrons. The Bertz CT molecular complexity index is 149. The summed E-state index contributed by atoms with van der Waals surface area (Å²) >= 11 is 0. The smallest absolute Gasteiger partial charge is 0.0431 e. The fraction of sp³-hybridized carbons (Fsp3) is 0.857. The Morgan fingerprint density at radius 3 is 2.00 bits per heavy atom. The minimum absolute atomic E-state index is 0.362. The maximum Gasteiger partial charge on any atom is 0.0431 e. The molecule has 1 heteroatoms. The quantitative estimate of drug-likeness (QED) is 0.419. The third-order valence-corrected chi connectivity index (χ3v) is 2.91. The number of rotatable bonds is 10. The van der Waals surface area contributed by atoms with Gasteiger partial charge in [0.25, 0.3) is 0 Å². The second-order valence-electron chi connectivity index (χ2n) is 4.39. The van der Waals surface area contributed by atoms with Gasteiger partial charge in [-0.25, -0.2) is 0 Å². The van der Waals surface area contributed by atoms with Crippen LogP contribution in [0, 0.1) is 0 Å². The first-order chi connectivity index (χ1) is 7.31. The Morgan fingerprint density at radius 1 is 0.933 bits per heavy atom. The van der Waals surface area contributed by atoms with Gasteiger partial charge >= 0.3 is 0 Å². The summed E-state index contributed by atoms with van der Waals surface area (Å²) in [5.41, 5.74) is 1.53. The predicted octanol–water partition coefficient (Wildman–Crippen LogP) is 4.46. The van der Waals surface area contributed by atoms with E-state index in [0.29, 0.717) is 6.61 Å². The maximum atomic E-state index is 8.61. The second kappa shape index (κ2) is 11.8. The molecule has 1 nitrogen and oxygen atoms in total. The highest BCUT2D eigenvalue weighted by atomic mass is 16.2. The van der Waals surface area contributed by atoms with Gasteiger partial charge < -0.3 is 5.11 Å². The second-order valence-corrected chi connectivity index (χ2v) is 4.39. The summed E-state index contributed by atoms with van der Waals surface area (Å²) < 4.78 is 0. The van der Waals surface area contributed by atoms with Crippen molar-refractivity contribution in [1.82, 2.24) is 0 Å². The van der Waals surface area contributed by atoms with Crippen molar-refractivity contribution < 1.29 is 5.11 Å². The summed E-state index contributed by atoms with van der Waals surface area (Å²) in [5, 5.41) is 8.61. The van der Waals surface area contributed by atoms with E-state index in [1.807, 2.05) is 0 Å². The number of aliphatic hydroxyl groups is 1. The molecular formula is C14H28O. The van der Waals surface area contributed by atoms with Crippen molar-refractivity contribution >= 4 is 0 Å². The molecule has 0 unspecified atom stereocenters. The lowest BCUT2D eigenvalue weighted by Crippen LogP contribution is -1.84. The molecule has 0 aromatic heterocycles. The molecule has 15 heavy (non-hydrogen) atoms. The van der Waals surface area contributed by atoms with Gasteiger partial charge in [-0.3, -0.25) is 0 Å². The van der Waals surface area contributed by atoms with E-state index in [1.54, 1.807) is 0 Å². The third kappa shape index (κ3) is 11.6. The van der Waals surface area contributed by atoms with Crippen LogP contribution >= 0.6 is 0 Å². The highest BCUT2D eigenvalue weighted by Crippen LogP contribution is 2.10. The molecule has 0 aromatic rings. The van der Waals surface area contributed by atoms with Crippen LogP contribution < -0.4 is 0 Å². The van der Waals surface area contributed by atoms with Gasteiger partial charge in [0.15, 0.2) is 0 Å². The SMILES string of the molecule is CCC(C)=CCCCCCCCCCO. The zero-order valence-corrected chi connectivity index (χ0v) is 10.6. The molecule has 0 rings (SSSR count). The molecule has 0 saturated heterocycles. The van der Waals surface area contributed by atoms with Crippen LogP contribution in [0.3, 0.4) is 0 Å².